The van der Waals surface area contributed by atoms with Crippen molar-refractivity contribution in [3.05, 3.63) is 57.5 Å². The van der Waals surface area contributed by atoms with Crippen molar-refractivity contribution < 1.29 is 14.3 Å². The van der Waals surface area contributed by atoms with Crippen molar-refractivity contribution in [3.8, 4) is 0 Å². The summed E-state index contributed by atoms with van der Waals surface area (Å²) in [5, 5.41) is 13.0. The van der Waals surface area contributed by atoms with Gasteiger partial charge < -0.3 is 14.8 Å². The van der Waals surface area contributed by atoms with Crippen LogP contribution >= 0.6 is 23.2 Å². The number of carboxylic acid groups (broad SMARTS) is 1. The minimum Gasteiger partial charge on any atom is -0.475 e. The van der Waals surface area contributed by atoms with Crippen molar-refractivity contribution in [2.45, 2.75) is 19.5 Å². The number of hydrogen-bond donors (Lipinski definition) is 2. The van der Waals surface area contributed by atoms with Gasteiger partial charge in [0.15, 0.2) is 0 Å². The second kappa shape index (κ2) is 6.31. The van der Waals surface area contributed by atoms with Gasteiger partial charge in [-0.15, -0.1) is 0 Å². The Balaban J connectivity index is 1.98. The van der Waals surface area contributed by atoms with Crippen molar-refractivity contribution in [1.82, 2.24) is 5.32 Å². The Labute approximate surface area is 126 Å². The highest BCUT2D eigenvalue weighted by molar-refractivity contribution is 6.42. The summed E-state index contributed by atoms with van der Waals surface area (Å²) >= 11 is 11.8. The van der Waals surface area contributed by atoms with Gasteiger partial charge in [0.2, 0.25) is 5.76 Å². The number of carboxylic acids is 1. The molecule has 0 radical (unpaired) electrons. The van der Waals surface area contributed by atoms with Gasteiger partial charge in [0, 0.05) is 6.04 Å². The van der Waals surface area contributed by atoms with E-state index in [0.29, 0.717) is 22.4 Å². The van der Waals surface area contributed by atoms with E-state index in [0.717, 1.165) is 5.56 Å². The molecule has 0 saturated carbocycles. The lowest BCUT2D eigenvalue weighted by molar-refractivity contribution is 0.0660. The zero-order chi connectivity index (χ0) is 14.7. The standard InChI is InChI=1S/C14H13Cl2NO3/c1-8(9-2-4-11(15)12(16)6-9)17-7-10-3-5-13(20-10)14(18)19/h2-6,8,17H,7H2,1H3,(H,18,19). The number of halogens is 2. The number of benzene rings is 1. The molecule has 1 aromatic carbocycles. The van der Waals surface area contributed by atoms with Crippen LogP contribution in [0.25, 0.3) is 0 Å². The molecule has 106 valence electrons. The Morgan fingerprint density at radius 2 is 2.05 bits per heavy atom. The molecule has 20 heavy (non-hydrogen) atoms. The third-order valence-corrected chi connectivity index (χ3v) is 3.64. The van der Waals surface area contributed by atoms with Crippen molar-refractivity contribution in [1.29, 1.82) is 0 Å². The molecule has 0 spiro atoms. The minimum atomic E-state index is -1.08. The topological polar surface area (TPSA) is 62.5 Å². The van der Waals surface area contributed by atoms with Crippen LogP contribution in [0.5, 0.6) is 0 Å². The maximum Gasteiger partial charge on any atom is 0.371 e. The summed E-state index contributed by atoms with van der Waals surface area (Å²) in [7, 11) is 0. The molecule has 1 aromatic heterocycles. The molecule has 4 nitrogen and oxygen atoms in total. The van der Waals surface area contributed by atoms with Crippen LogP contribution < -0.4 is 5.32 Å². The Kier molecular flexibility index (Phi) is 4.70. The molecule has 0 amide bonds. The van der Waals surface area contributed by atoms with Gasteiger partial charge in [0.25, 0.3) is 0 Å². The first-order chi connectivity index (χ1) is 9.47. The average Bonchev–Trinajstić information content (AvgIpc) is 2.88. The highest BCUT2D eigenvalue weighted by Gasteiger charge is 2.11. The van der Waals surface area contributed by atoms with E-state index in [1.807, 2.05) is 13.0 Å². The van der Waals surface area contributed by atoms with E-state index in [9.17, 15) is 4.79 Å². The third kappa shape index (κ3) is 3.54. The molecular weight excluding hydrogens is 301 g/mol. The predicted molar refractivity (Wildman–Crippen MR) is 77.4 cm³/mol. The molecule has 0 saturated heterocycles. The van der Waals surface area contributed by atoms with Crippen LogP contribution in [0, 0.1) is 0 Å². The van der Waals surface area contributed by atoms with Gasteiger partial charge in [0.1, 0.15) is 5.76 Å². The Hall–Kier alpha value is -1.49. The number of nitrogens with one attached hydrogen (secondary N) is 1. The number of rotatable bonds is 5. The van der Waals surface area contributed by atoms with Crippen LogP contribution in [0.15, 0.2) is 34.7 Å². The SMILES string of the molecule is CC(NCc1ccc(C(=O)O)o1)c1ccc(Cl)c(Cl)c1. The molecule has 6 heteroatoms. The van der Waals surface area contributed by atoms with Gasteiger partial charge in [-0.25, -0.2) is 4.79 Å². The molecule has 1 heterocycles. The monoisotopic (exact) mass is 313 g/mol. The van der Waals surface area contributed by atoms with Crippen LogP contribution in [-0.4, -0.2) is 11.1 Å². The van der Waals surface area contributed by atoms with E-state index in [1.165, 1.54) is 6.07 Å². The van der Waals surface area contributed by atoms with Crippen LogP contribution in [-0.2, 0) is 6.54 Å². The summed E-state index contributed by atoms with van der Waals surface area (Å²) in [5.41, 5.74) is 0.990. The maximum atomic E-state index is 10.7. The predicted octanol–water partition coefficient (Wildman–Crippen LogP) is 4.14. The molecule has 2 N–H and O–H groups in total. The highest BCUT2D eigenvalue weighted by Crippen LogP contribution is 2.25. The number of hydrogen-bond acceptors (Lipinski definition) is 3. The van der Waals surface area contributed by atoms with E-state index < -0.39 is 5.97 Å². The van der Waals surface area contributed by atoms with E-state index >= 15 is 0 Å². The van der Waals surface area contributed by atoms with E-state index in [1.54, 1.807) is 18.2 Å². The summed E-state index contributed by atoms with van der Waals surface area (Å²) in [6, 6.07) is 8.53. The smallest absolute Gasteiger partial charge is 0.371 e. The molecule has 2 aromatic rings. The second-order valence-corrected chi connectivity index (χ2v) is 5.16. The molecule has 0 aliphatic heterocycles. The van der Waals surface area contributed by atoms with Crippen LogP contribution in [0.1, 0.15) is 34.8 Å². The molecule has 0 aliphatic rings. The molecule has 0 aliphatic carbocycles. The summed E-state index contributed by atoms with van der Waals surface area (Å²) < 4.78 is 5.16. The zero-order valence-electron chi connectivity index (χ0n) is 10.7. The van der Waals surface area contributed by atoms with Crippen molar-refractivity contribution in [2.75, 3.05) is 0 Å². The fourth-order valence-corrected chi connectivity index (χ4v) is 2.05. The minimum absolute atomic E-state index is 0.0307. The fourth-order valence-electron chi connectivity index (χ4n) is 1.74. The first kappa shape index (κ1) is 14.9. The Morgan fingerprint density at radius 3 is 2.65 bits per heavy atom. The molecule has 1 atom stereocenters. The van der Waals surface area contributed by atoms with Crippen LogP contribution in [0.2, 0.25) is 10.0 Å². The molecule has 0 bridgehead atoms. The summed E-state index contributed by atoms with van der Waals surface area (Å²) in [4.78, 5) is 10.7. The molecule has 2 rings (SSSR count). The van der Waals surface area contributed by atoms with Gasteiger partial charge in [0.05, 0.1) is 16.6 Å². The number of aromatic carboxylic acids is 1. The first-order valence-electron chi connectivity index (χ1n) is 5.97. The summed E-state index contributed by atoms with van der Waals surface area (Å²) in [6.45, 7) is 2.40. The maximum absolute atomic E-state index is 10.7. The van der Waals surface area contributed by atoms with Crippen molar-refractivity contribution in [2.24, 2.45) is 0 Å². The van der Waals surface area contributed by atoms with Crippen LogP contribution in [0.4, 0.5) is 0 Å². The second-order valence-electron chi connectivity index (χ2n) is 4.35. The van der Waals surface area contributed by atoms with E-state index in [-0.39, 0.29) is 11.8 Å². The van der Waals surface area contributed by atoms with Crippen LogP contribution in [0.3, 0.4) is 0 Å². The molecule has 0 fully saturated rings. The molecule has 1 unspecified atom stereocenters. The largest absolute Gasteiger partial charge is 0.475 e. The van der Waals surface area contributed by atoms with E-state index in [4.69, 9.17) is 32.7 Å². The molecular formula is C14H13Cl2NO3. The van der Waals surface area contributed by atoms with Gasteiger partial charge in [-0.1, -0.05) is 29.3 Å². The Bertz CT molecular complexity index is 625. The lowest BCUT2D eigenvalue weighted by Crippen LogP contribution is -2.17. The number of carbonyl (C=O) groups is 1. The van der Waals surface area contributed by atoms with Crippen molar-refractivity contribution in [3.63, 3.8) is 0 Å². The highest BCUT2D eigenvalue weighted by atomic mass is 35.5. The van der Waals surface area contributed by atoms with Gasteiger partial charge in [-0.3, -0.25) is 0 Å². The zero-order valence-corrected chi connectivity index (χ0v) is 12.2. The van der Waals surface area contributed by atoms with Gasteiger partial charge in [-0.2, -0.15) is 0 Å². The van der Waals surface area contributed by atoms with Crippen molar-refractivity contribution >= 4 is 29.2 Å². The quantitative estimate of drug-likeness (QED) is 0.871. The first-order valence-corrected chi connectivity index (χ1v) is 6.73. The summed E-state index contributed by atoms with van der Waals surface area (Å²) in [5.74, 6) is -0.577. The van der Waals surface area contributed by atoms with E-state index in [2.05, 4.69) is 5.32 Å². The lowest BCUT2D eigenvalue weighted by Gasteiger charge is -2.14. The fraction of sp³-hybridized carbons (Fsp3) is 0.214. The normalized spacial score (nSPS) is 12.3. The van der Waals surface area contributed by atoms with Gasteiger partial charge >= 0.3 is 5.97 Å². The van der Waals surface area contributed by atoms with Gasteiger partial charge in [-0.05, 0) is 36.8 Å². The third-order valence-electron chi connectivity index (χ3n) is 2.90. The summed E-state index contributed by atoms with van der Waals surface area (Å²) in [6.07, 6.45) is 0. The lowest BCUT2D eigenvalue weighted by atomic mass is 10.1. The average molecular weight is 314 g/mol. The Morgan fingerprint density at radius 1 is 1.30 bits per heavy atom. The number of furan rings is 1.